The van der Waals surface area contributed by atoms with Gasteiger partial charge in [0.05, 0.1) is 16.2 Å². The number of nitrogens with zero attached hydrogens (tertiary/aromatic N) is 2. The zero-order valence-corrected chi connectivity index (χ0v) is 17.7. The van der Waals surface area contributed by atoms with Crippen LogP contribution >= 0.6 is 11.8 Å². The number of thioether (sulfide) groups is 1. The van der Waals surface area contributed by atoms with Crippen LogP contribution in [0.2, 0.25) is 0 Å². The zero-order chi connectivity index (χ0) is 20.1. The highest BCUT2D eigenvalue weighted by Gasteiger charge is 2.20. The summed E-state index contributed by atoms with van der Waals surface area (Å²) in [6, 6.07) is 7.34. The molecule has 1 atom stereocenters. The number of benzene rings is 1. The van der Waals surface area contributed by atoms with E-state index in [-0.39, 0.29) is 22.8 Å². The van der Waals surface area contributed by atoms with Crippen molar-refractivity contribution in [1.82, 2.24) is 14.9 Å². The highest BCUT2D eigenvalue weighted by molar-refractivity contribution is 8.00. The van der Waals surface area contributed by atoms with E-state index in [1.807, 2.05) is 39.0 Å². The van der Waals surface area contributed by atoms with Gasteiger partial charge in [0.15, 0.2) is 5.16 Å². The second-order valence-electron chi connectivity index (χ2n) is 7.59. The van der Waals surface area contributed by atoms with Crippen molar-refractivity contribution < 1.29 is 4.79 Å². The Labute approximate surface area is 170 Å². The Morgan fingerprint density at radius 1 is 1.25 bits per heavy atom. The molecule has 28 heavy (non-hydrogen) atoms. The summed E-state index contributed by atoms with van der Waals surface area (Å²) in [6.45, 7) is 6.46. The number of para-hydroxylation sites is 1. The van der Waals surface area contributed by atoms with Gasteiger partial charge in [0, 0.05) is 12.6 Å². The summed E-state index contributed by atoms with van der Waals surface area (Å²) in [7, 11) is 0. The largest absolute Gasteiger partial charge is 0.355 e. The van der Waals surface area contributed by atoms with Crippen LogP contribution in [0.25, 0.3) is 10.9 Å². The van der Waals surface area contributed by atoms with E-state index in [0.29, 0.717) is 22.6 Å². The van der Waals surface area contributed by atoms with E-state index in [4.69, 9.17) is 0 Å². The normalized spacial score (nSPS) is 15.5. The Balaban J connectivity index is 1.70. The summed E-state index contributed by atoms with van der Waals surface area (Å²) in [5.41, 5.74) is 2.07. The average molecular weight is 400 g/mol. The predicted molar refractivity (Wildman–Crippen MR) is 116 cm³/mol. The first-order chi connectivity index (χ1) is 13.5. The van der Waals surface area contributed by atoms with Crippen LogP contribution in [0, 0.1) is 0 Å². The number of aromatic nitrogens is 2. The standard InChI is InChI=1S/C22H29N3O2S/c1-15(2)25-21(27)18-11-7-8-12-19(18)24-22(25)28-16(3)20(26)23-14-13-17-9-5-4-6-10-17/h7-9,11-12,15-16H,4-6,10,13-14H2,1-3H3,(H,23,26). The lowest BCUT2D eigenvalue weighted by Gasteiger charge is -2.19. The molecule has 1 amide bonds. The average Bonchev–Trinajstić information content (AvgIpc) is 2.68. The number of nitrogens with one attached hydrogen (secondary N) is 1. The zero-order valence-electron chi connectivity index (χ0n) is 16.9. The molecule has 1 N–H and O–H groups in total. The number of fused-ring (bicyclic) bond motifs is 1. The Morgan fingerprint density at radius 3 is 2.75 bits per heavy atom. The minimum Gasteiger partial charge on any atom is -0.355 e. The van der Waals surface area contributed by atoms with E-state index in [1.54, 1.807) is 10.6 Å². The summed E-state index contributed by atoms with van der Waals surface area (Å²) in [4.78, 5) is 30.1. The first-order valence-corrected chi connectivity index (χ1v) is 11.0. The van der Waals surface area contributed by atoms with Crippen molar-refractivity contribution in [3.05, 3.63) is 46.3 Å². The highest BCUT2D eigenvalue weighted by atomic mass is 32.2. The van der Waals surface area contributed by atoms with Gasteiger partial charge >= 0.3 is 0 Å². The molecule has 0 aliphatic heterocycles. The molecule has 0 fully saturated rings. The summed E-state index contributed by atoms with van der Waals surface area (Å²) >= 11 is 1.35. The van der Waals surface area contributed by atoms with E-state index in [0.717, 1.165) is 19.3 Å². The Bertz CT molecular complexity index is 933. The number of carbonyl (C=O) groups excluding carboxylic acids is 1. The first-order valence-electron chi connectivity index (χ1n) is 10.1. The van der Waals surface area contributed by atoms with Crippen LogP contribution in [0.4, 0.5) is 0 Å². The fourth-order valence-electron chi connectivity index (χ4n) is 3.50. The second kappa shape index (κ2) is 9.41. The van der Waals surface area contributed by atoms with Gasteiger partial charge in [-0.05, 0) is 65.0 Å². The number of carbonyl (C=O) groups is 1. The van der Waals surface area contributed by atoms with Crippen molar-refractivity contribution in [3.8, 4) is 0 Å². The number of rotatable bonds is 7. The molecule has 1 aliphatic rings. The Kier molecular flexibility index (Phi) is 6.94. The second-order valence-corrected chi connectivity index (χ2v) is 8.90. The molecule has 1 heterocycles. The van der Waals surface area contributed by atoms with Crippen LogP contribution in [-0.4, -0.2) is 27.3 Å². The van der Waals surface area contributed by atoms with Crippen molar-refractivity contribution in [1.29, 1.82) is 0 Å². The number of amides is 1. The van der Waals surface area contributed by atoms with Crippen molar-refractivity contribution >= 4 is 28.6 Å². The van der Waals surface area contributed by atoms with Crippen LogP contribution in [0.1, 0.15) is 58.9 Å². The van der Waals surface area contributed by atoms with Crippen LogP contribution in [0.5, 0.6) is 0 Å². The minimum absolute atomic E-state index is 0.0147. The van der Waals surface area contributed by atoms with Crippen molar-refractivity contribution in [2.24, 2.45) is 0 Å². The fraction of sp³-hybridized carbons (Fsp3) is 0.500. The molecule has 1 unspecified atom stereocenters. The van der Waals surface area contributed by atoms with E-state index < -0.39 is 0 Å². The maximum absolute atomic E-state index is 12.9. The molecule has 0 saturated heterocycles. The Hall–Kier alpha value is -2.08. The summed E-state index contributed by atoms with van der Waals surface area (Å²) in [5.74, 6) is -0.0147. The van der Waals surface area contributed by atoms with Gasteiger partial charge in [0.25, 0.3) is 5.56 Å². The van der Waals surface area contributed by atoms with Crippen LogP contribution in [0.15, 0.2) is 45.9 Å². The van der Waals surface area contributed by atoms with E-state index >= 15 is 0 Å². The lowest BCUT2D eigenvalue weighted by molar-refractivity contribution is -0.120. The smallest absolute Gasteiger partial charge is 0.262 e. The Morgan fingerprint density at radius 2 is 2.04 bits per heavy atom. The molecule has 0 spiro atoms. The molecule has 2 aromatic rings. The van der Waals surface area contributed by atoms with Gasteiger partial charge in [0.2, 0.25) is 5.91 Å². The maximum atomic E-state index is 12.9. The van der Waals surface area contributed by atoms with Crippen LogP contribution < -0.4 is 10.9 Å². The molecular weight excluding hydrogens is 370 g/mol. The number of hydrogen-bond acceptors (Lipinski definition) is 4. The van der Waals surface area contributed by atoms with Crippen molar-refractivity contribution in [3.63, 3.8) is 0 Å². The van der Waals surface area contributed by atoms with Gasteiger partial charge in [-0.3, -0.25) is 14.2 Å². The van der Waals surface area contributed by atoms with Gasteiger partial charge in [0.1, 0.15) is 0 Å². The molecule has 150 valence electrons. The molecule has 0 bridgehead atoms. The summed E-state index contributed by atoms with van der Waals surface area (Å²) < 4.78 is 1.68. The van der Waals surface area contributed by atoms with Crippen LogP contribution in [-0.2, 0) is 4.79 Å². The lowest BCUT2D eigenvalue weighted by atomic mass is 9.97. The molecule has 1 aromatic carbocycles. The maximum Gasteiger partial charge on any atom is 0.262 e. The minimum atomic E-state index is -0.321. The molecule has 1 aromatic heterocycles. The summed E-state index contributed by atoms with van der Waals surface area (Å²) in [5, 5.41) is 3.92. The molecular formula is C22H29N3O2S. The third kappa shape index (κ3) is 4.85. The van der Waals surface area contributed by atoms with E-state index in [2.05, 4.69) is 16.4 Å². The fourth-order valence-corrected chi connectivity index (χ4v) is 4.56. The monoisotopic (exact) mass is 399 g/mol. The molecule has 3 rings (SSSR count). The highest BCUT2D eigenvalue weighted by Crippen LogP contribution is 2.25. The lowest BCUT2D eigenvalue weighted by Crippen LogP contribution is -2.33. The molecule has 1 aliphatic carbocycles. The summed E-state index contributed by atoms with van der Waals surface area (Å²) in [6.07, 6.45) is 8.09. The molecule has 5 nitrogen and oxygen atoms in total. The van der Waals surface area contributed by atoms with Gasteiger partial charge in [-0.2, -0.15) is 0 Å². The number of allylic oxidation sites excluding steroid dienone is 1. The van der Waals surface area contributed by atoms with Gasteiger partial charge in [-0.25, -0.2) is 4.98 Å². The first kappa shape index (κ1) is 20.6. The SMILES string of the molecule is CC(Sc1nc2ccccc2c(=O)n1C(C)C)C(=O)NCCC1=CCCCC1. The third-order valence-corrected chi connectivity index (χ3v) is 6.14. The van der Waals surface area contributed by atoms with Crippen molar-refractivity contribution in [2.45, 2.75) is 69.3 Å². The number of hydrogen-bond donors (Lipinski definition) is 1. The molecule has 0 saturated carbocycles. The van der Waals surface area contributed by atoms with Crippen molar-refractivity contribution in [2.75, 3.05) is 6.54 Å². The predicted octanol–water partition coefficient (Wildman–Crippen LogP) is 4.46. The van der Waals surface area contributed by atoms with Gasteiger partial charge in [-0.1, -0.05) is 35.5 Å². The van der Waals surface area contributed by atoms with Gasteiger partial charge < -0.3 is 5.32 Å². The molecule has 6 heteroatoms. The quantitative estimate of drug-likeness (QED) is 0.424. The van der Waals surface area contributed by atoms with E-state index in [9.17, 15) is 9.59 Å². The van der Waals surface area contributed by atoms with E-state index in [1.165, 1.54) is 30.2 Å². The molecule has 0 radical (unpaired) electrons. The third-order valence-electron chi connectivity index (χ3n) is 5.07. The van der Waals surface area contributed by atoms with Crippen LogP contribution in [0.3, 0.4) is 0 Å². The van der Waals surface area contributed by atoms with Gasteiger partial charge in [-0.15, -0.1) is 0 Å². The topological polar surface area (TPSA) is 64.0 Å².